The highest BCUT2D eigenvalue weighted by Gasteiger charge is 2.73. The number of ether oxygens (including phenoxy) is 11. The summed E-state index contributed by atoms with van der Waals surface area (Å²) in [5.74, 6) is -4.16. The maximum Gasteiger partial charge on any atom is 0.335 e. The second-order valence-corrected chi connectivity index (χ2v) is 35.5. The summed E-state index contributed by atoms with van der Waals surface area (Å²) in [6.07, 6.45) is -38.3. The Labute approximate surface area is 650 Å². The van der Waals surface area contributed by atoms with Gasteiger partial charge < -0.3 is 159 Å². The van der Waals surface area contributed by atoms with Gasteiger partial charge in [-0.1, -0.05) is 91.7 Å². The molecule has 0 radical (unpaired) electrons. The summed E-state index contributed by atoms with van der Waals surface area (Å²) < 4.78 is 66.8. The number of ketones is 1. The van der Waals surface area contributed by atoms with Crippen molar-refractivity contribution in [2.75, 3.05) is 26.4 Å². The number of carboxylic acid groups (broad SMARTS) is 1. The molecular formula is C77H124N2O33. The van der Waals surface area contributed by atoms with Crippen LogP contribution in [0.5, 0.6) is 0 Å². The third-order valence-corrected chi connectivity index (χ3v) is 28.0. The molecule has 38 atom stereocenters. The first-order valence-electron chi connectivity index (χ1n) is 40.1. The molecule has 0 aromatic rings. The van der Waals surface area contributed by atoms with E-state index >= 15 is 4.79 Å². The molecule has 6 saturated heterocycles. The Balaban J connectivity index is 0.854. The van der Waals surface area contributed by atoms with Crippen molar-refractivity contribution in [1.29, 1.82) is 0 Å². The second-order valence-electron chi connectivity index (χ2n) is 35.5. The number of aldehydes is 1. The zero-order valence-corrected chi connectivity index (χ0v) is 65.1. The molecule has 6 aliphatic heterocycles. The maximum atomic E-state index is 16.2. The highest BCUT2D eigenvalue weighted by molar-refractivity contribution is 5.85. The normalized spacial score (nSPS) is 48.8. The lowest BCUT2D eigenvalue weighted by molar-refractivity contribution is -0.391. The average Bonchev–Trinajstić information content (AvgIpc) is 0.669. The predicted molar refractivity (Wildman–Crippen MR) is 382 cm³/mol. The van der Waals surface area contributed by atoms with Crippen LogP contribution >= 0.6 is 0 Å². The molecule has 11 rings (SSSR count). The molecule has 0 bridgehead atoms. The fourth-order valence-corrected chi connectivity index (χ4v) is 21.1. The van der Waals surface area contributed by atoms with Crippen molar-refractivity contribution < 1.29 is 163 Å². The number of aliphatic hydroxyl groups excluding tert-OH is 16. The van der Waals surface area contributed by atoms with Crippen LogP contribution in [0.4, 0.5) is 0 Å². The number of amides is 2. The number of aliphatic hydroxyl groups is 16. The number of carbonyl (C=O) groups is 5. The van der Waals surface area contributed by atoms with Crippen LogP contribution in [0.25, 0.3) is 0 Å². The van der Waals surface area contributed by atoms with Crippen LogP contribution in [0.2, 0.25) is 0 Å². The van der Waals surface area contributed by atoms with E-state index in [-0.39, 0.29) is 37.4 Å². The van der Waals surface area contributed by atoms with E-state index in [4.69, 9.17) is 52.1 Å². The van der Waals surface area contributed by atoms with E-state index in [0.29, 0.717) is 57.8 Å². The molecule has 0 aromatic heterocycles. The van der Waals surface area contributed by atoms with Gasteiger partial charge in [-0.3, -0.25) is 9.59 Å². The third kappa shape index (κ3) is 17.0. The van der Waals surface area contributed by atoms with Crippen molar-refractivity contribution in [2.45, 2.75) is 361 Å². The molecule has 35 nitrogen and oxygen atoms in total. The Morgan fingerprint density at radius 2 is 1.10 bits per heavy atom. The number of rotatable bonds is 28. The van der Waals surface area contributed by atoms with E-state index in [9.17, 15) is 106 Å². The topological polar surface area (TPSA) is 555 Å². The molecule has 112 heavy (non-hydrogen) atoms. The molecule has 10 fully saturated rings. The van der Waals surface area contributed by atoms with Crippen LogP contribution < -0.4 is 10.6 Å². The Morgan fingerprint density at radius 3 is 1.70 bits per heavy atom. The standard InChI is InChI=1S/C77H124N2O33/c1-34(83)17-15-13-11-9-10-12-14-16-18-46(87)78-47-40(29-80)105-64(61(51(47)91)110-68-57(97)53(93)59(35(2)104-68)108-66-54(94)48(88)38(84)31-102-66)79-71(101)77-26-25-72(3,4)27-37(77)36-19-20-43-73(5)23-22-45(74(6,33-82)42(73)21-24-75(43,7)76(36,8)28-44(77)86)107-70-63(112-69-56(96)52(92)50(90)41(30-81)106-69)60(58(98)62(111-70)65(99)100)109-67-55(95)49(89)39(85)32-103-67/h19,33,35,37-45,47-64,66-70,80-81,84-86,88-98H,9-18,20-32H2,1-8H3,(H,78,87)(H,79,101)(H,99,100)/t35?,37?,38-,39-,40?,41?,42-,43?,44?,45+,47+,48?,49-,50-,51?,52+,53?,54?,55?,56?,57?,58+,59+,60+,61?,62?,63?,64+,66+,67+,68+,69+,70-,73?,74-,75+,76-,77-/m1/s1. The average molecular weight is 1610 g/mol. The zero-order chi connectivity index (χ0) is 81.8. The van der Waals surface area contributed by atoms with E-state index in [1.54, 1.807) is 13.8 Å². The highest BCUT2D eigenvalue weighted by Crippen LogP contribution is 2.76. The molecule has 2 amide bonds. The van der Waals surface area contributed by atoms with Crippen LogP contribution in [0, 0.1) is 50.2 Å². The van der Waals surface area contributed by atoms with Crippen molar-refractivity contribution in [3.8, 4) is 0 Å². The quantitative estimate of drug-likeness (QED) is 0.0165. The highest BCUT2D eigenvalue weighted by atomic mass is 16.8. The van der Waals surface area contributed by atoms with Crippen LogP contribution in [0.1, 0.15) is 177 Å². The smallest absolute Gasteiger partial charge is 0.335 e. The Morgan fingerprint density at radius 1 is 0.536 bits per heavy atom. The summed E-state index contributed by atoms with van der Waals surface area (Å²) in [5.41, 5.74) is -4.76. The summed E-state index contributed by atoms with van der Waals surface area (Å²) in [5, 5.41) is 195. The lowest BCUT2D eigenvalue weighted by Crippen LogP contribution is -2.72. The summed E-state index contributed by atoms with van der Waals surface area (Å²) in [6.45, 7) is 12.6. The van der Waals surface area contributed by atoms with Gasteiger partial charge in [0.05, 0.1) is 61.6 Å². The number of Topliss-reactive ketones (excluding diaryl/α,β-unsaturated/α-hetero) is 1. The molecule has 17 unspecified atom stereocenters. The van der Waals surface area contributed by atoms with Gasteiger partial charge in [-0.15, -0.1) is 0 Å². The number of allylic oxidation sites excluding steroid dienone is 2. The first-order valence-corrected chi connectivity index (χ1v) is 40.1. The number of aliphatic carboxylic acids is 1. The third-order valence-electron chi connectivity index (χ3n) is 28.0. The van der Waals surface area contributed by atoms with Gasteiger partial charge in [0, 0.05) is 12.8 Å². The minimum absolute atomic E-state index is 0.0291. The number of fused-ring (bicyclic) bond motifs is 7. The second kappa shape index (κ2) is 35.8. The van der Waals surface area contributed by atoms with Crippen LogP contribution in [-0.2, 0) is 76.1 Å². The van der Waals surface area contributed by atoms with Crippen molar-refractivity contribution >= 4 is 29.9 Å². The van der Waals surface area contributed by atoms with Crippen LogP contribution in [0.15, 0.2) is 11.6 Å². The van der Waals surface area contributed by atoms with Crippen LogP contribution in [0.3, 0.4) is 0 Å². The van der Waals surface area contributed by atoms with E-state index in [1.807, 2.05) is 0 Å². The molecule has 6 heterocycles. The fraction of sp³-hybridized carbons (Fsp3) is 0.909. The maximum absolute atomic E-state index is 16.2. The van der Waals surface area contributed by atoms with E-state index in [0.717, 1.165) is 50.4 Å². The zero-order valence-electron chi connectivity index (χ0n) is 65.1. The molecular weight excluding hydrogens is 1480 g/mol. The number of unbranched alkanes of at least 4 members (excludes halogenated alkanes) is 7. The molecule has 640 valence electrons. The monoisotopic (exact) mass is 1600 g/mol. The Kier molecular flexibility index (Phi) is 28.5. The molecule has 5 aliphatic carbocycles. The first-order chi connectivity index (χ1) is 52.8. The molecule has 19 N–H and O–H groups in total. The lowest BCUT2D eigenvalue weighted by atomic mass is 9.33. The summed E-state index contributed by atoms with van der Waals surface area (Å²) in [6, 6.07) is -1.40. The van der Waals surface area contributed by atoms with Crippen molar-refractivity contribution in [3.63, 3.8) is 0 Å². The van der Waals surface area contributed by atoms with Crippen molar-refractivity contribution in [1.82, 2.24) is 10.6 Å². The largest absolute Gasteiger partial charge is 0.479 e. The van der Waals surface area contributed by atoms with Gasteiger partial charge in [-0.25, -0.2) is 4.79 Å². The van der Waals surface area contributed by atoms with Gasteiger partial charge in [0.1, 0.15) is 128 Å². The molecule has 4 saturated carbocycles. The fourth-order valence-electron chi connectivity index (χ4n) is 21.1. The minimum atomic E-state index is -2.23. The molecule has 35 heteroatoms. The molecule has 0 spiro atoms. The first kappa shape index (κ1) is 89.2. The number of hydrogen-bond acceptors (Lipinski definition) is 32. The molecule has 11 aliphatic rings. The SMILES string of the molecule is CC(=O)CCCCCCCCCCC(=O)N[C@H]1C(CO)O[C@H](NC(=O)[C@]23CCC(C)(C)CC2C2=CCC4C5(C)CC[C@H](O[C@@H]6OC(C(=O)O)[C@@H](O)[C@H](O[C@@H]7OC[C@@H](O)[C@@H](O)C7O)C6O[C@@H]6OC(CO)[C@@H](O)[C@H](O)C6O)[C@](C)(C=O)[C@@H]5CC[C@]4(C)[C@]2(C)CC3O)C(O[C@@H]2OC(C)[C@H](O[C@@H]3OC[C@@H](O)C(O)C3O)C(O)C2O)C1O. The van der Waals surface area contributed by atoms with E-state index < -0.39 is 273 Å². The predicted octanol–water partition coefficient (Wildman–Crippen LogP) is -2.65. The number of carbonyl (C=O) groups excluding carboxylic acids is 4. The Bertz CT molecular complexity index is 3250. The van der Waals surface area contributed by atoms with Crippen molar-refractivity contribution in [3.05, 3.63) is 11.6 Å². The van der Waals surface area contributed by atoms with Gasteiger partial charge in [0.25, 0.3) is 0 Å². The van der Waals surface area contributed by atoms with E-state index in [1.165, 1.54) is 6.92 Å². The summed E-state index contributed by atoms with van der Waals surface area (Å²) >= 11 is 0. The Hall–Kier alpha value is -3.59. The van der Waals surface area contributed by atoms with Gasteiger partial charge in [-0.2, -0.15) is 0 Å². The number of carboxylic acids is 1. The minimum Gasteiger partial charge on any atom is -0.479 e. The number of nitrogens with one attached hydrogen (secondary N) is 2. The summed E-state index contributed by atoms with van der Waals surface area (Å²) in [4.78, 5) is 68.8. The van der Waals surface area contributed by atoms with Gasteiger partial charge in [-0.05, 0) is 124 Å². The van der Waals surface area contributed by atoms with Crippen LogP contribution in [-0.4, -0.2) is 327 Å². The van der Waals surface area contributed by atoms with Gasteiger partial charge >= 0.3 is 5.97 Å². The molecule has 0 aromatic carbocycles. The van der Waals surface area contributed by atoms with Gasteiger partial charge in [0.2, 0.25) is 11.8 Å². The van der Waals surface area contributed by atoms with Crippen molar-refractivity contribution in [2.24, 2.45) is 50.2 Å². The van der Waals surface area contributed by atoms with Gasteiger partial charge in [0.15, 0.2) is 43.8 Å². The lowest BCUT2D eigenvalue weighted by Gasteiger charge is -2.71. The van der Waals surface area contributed by atoms with E-state index in [2.05, 4.69) is 51.3 Å². The summed E-state index contributed by atoms with van der Waals surface area (Å²) in [7, 11) is 0. The number of hydrogen-bond donors (Lipinski definition) is 19.